The number of aliphatic hydroxyl groups is 1. The van der Waals surface area contributed by atoms with Crippen LogP contribution < -0.4 is 4.74 Å². The lowest BCUT2D eigenvalue weighted by Crippen LogP contribution is -2.33. The van der Waals surface area contributed by atoms with E-state index in [2.05, 4.69) is 18.7 Å². The first-order chi connectivity index (χ1) is 9.06. The molecule has 0 saturated carbocycles. The standard InChI is InChI=1S/C15H22ClNO2/c1-11(2)17-7-6-12(9-17)15(18)10-19-14-5-3-4-13(16)8-14/h3-5,8,11-12,15,18H,6-7,9-10H2,1-2H3. The summed E-state index contributed by atoms with van der Waals surface area (Å²) >= 11 is 5.89. The van der Waals surface area contributed by atoms with Crippen LogP contribution in [0.5, 0.6) is 5.75 Å². The zero-order chi connectivity index (χ0) is 13.8. The molecule has 1 fully saturated rings. The van der Waals surface area contributed by atoms with Gasteiger partial charge in [0.1, 0.15) is 12.4 Å². The molecule has 4 heteroatoms. The van der Waals surface area contributed by atoms with Gasteiger partial charge < -0.3 is 14.7 Å². The molecular weight excluding hydrogens is 262 g/mol. The van der Waals surface area contributed by atoms with E-state index in [0.29, 0.717) is 29.3 Å². The predicted molar refractivity (Wildman–Crippen MR) is 77.8 cm³/mol. The molecular formula is C15H22ClNO2. The first kappa shape index (κ1) is 14.6. The lowest BCUT2D eigenvalue weighted by atomic mass is 10.0. The molecule has 0 amide bonds. The highest BCUT2D eigenvalue weighted by Gasteiger charge is 2.29. The topological polar surface area (TPSA) is 32.7 Å². The average molecular weight is 284 g/mol. The Morgan fingerprint density at radius 3 is 2.89 bits per heavy atom. The van der Waals surface area contributed by atoms with E-state index in [1.54, 1.807) is 6.07 Å². The molecule has 3 nitrogen and oxygen atoms in total. The molecule has 106 valence electrons. The zero-order valence-corrected chi connectivity index (χ0v) is 12.3. The molecule has 1 aliphatic rings. The van der Waals surface area contributed by atoms with Crippen molar-refractivity contribution in [1.82, 2.24) is 4.90 Å². The fourth-order valence-corrected chi connectivity index (χ4v) is 2.65. The van der Waals surface area contributed by atoms with Gasteiger partial charge in [0.05, 0.1) is 6.10 Å². The van der Waals surface area contributed by atoms with E-state index in [-0.39, 0.29) is 0 Å². The molecule has 1 aliphatic heterocycles. The number of aliphatic hydroxyl groups excluding tert-OH is 1. The number of likely N-dealkylation sites (tertiary alicyclic amines) is 1. The molecule has 0 bridgehead atoms. The van der Waals surface area contributed by atoms with Gasteiger partial charge in [-0.2, -0.15) is 0 Å². The number of hydrogen-bond donors (Lipinski definition) is 1. The molecule has 2 atom stereocenters. The van der Waals surface area contributed by atoms with E-state index < -0.39 is 6.10 Å². The molecule has 0 spiro atoms. The molecule has 2 unspecified atom stereocenters. The molecule has 2 rings (SSSR count). The molecule has 1 heterocycles. The lowest BCUT2D eigenvalue weighted by Gasteiger charge is -2.22. The van der Waals surface area contributed by atoms with E-state index in [4.69, 9.17) is 16.3 Å². The van der Waals surface area contributed by atoms with Gasteiger partial charge in [-0.1, -0.05) is 17.7 Å². The first-order valence-corrected chi connectivity index (χ1v) is 7.24. The molecule has 19 heavy (non-hydrogen) atoms. The minimum Gasteiger partial charge on any atom is -0.491 e. The van der Waals surface area contributed by atoms with Crippen molar-refractivity contribution in [3.05, 3.63) is 29.3 Å². The minimum atomic E-state index is -0.414. The second-order valence-corrected chi connectivity index (χ2v) is 5.91. The summed E-state index contributed by atoms with van der Waals surface area (Å²) < 4.78 is 5.60. The summed E-state index contributed by atoms with van der Waals surface area (Å²) in [7, 11) is 0. The number of benzene rings is 1. The van der Waals surface area contributed by atoms with Crippen LogP contribution in [0.4, 0.5) is 0 Å². The fraction of sp³-hybridized carbons (Fsp3) is 0.600. The second kappa shape index (κ2) is 6.60. The van der Waals surface area contributed by atoms with Crippen LogP contribution in [0.2, 0.25) is 5.02 Å². The number of halogens is 1. The Balaban J connectivity index is 1.80. The quantitative estimate of drug-likeness (QED) is 0.902. The smallest absolute Gasteiger partial charge is 0.120 e. The zero-order valence-electron chi connectivity index (χ0n) is 11.6. The summed E-state index contributed by atoms with van der Waals surface area (Å²) in [5.41, 5.74) is 0. The number of hydrogen-bond acceptors (Lipinski definition) is 3. The Kier molecular flexibility index (Phi) is 5.08. The van der Waals surface area contributed by atoms with Crippen molar-refractivity contribution < 1.29 is 9.84 Å². The summed E-state index contributed by atoms with van der Waals surface area (Å²) in [6, 6.07) is 7.82. The SMILES string of the molecule is CC(C)N1CCC(C(O)COc2cccc(Cl)c2)C1. The maximum atomic E-state index is 10.2. The third kappa shape index (κ3) is 4.10. The number of rotatable bonds is 5. The van der Waals surface area contributed by atoms with E-state index in [1.807, 2.05) is 18.2 Å². The van der Waals surface area contributed by atoms with Crippen LogP contribution in [0.15, 0.2) is 24.3 Å². The van der Waals surface area contributed by atoms with Crippen molar-refractivity contribution in [3.8, 4) is 5.75 Å². The highest BCUT2D eigenvalue weighted by atomic mass is 35.5. The van der Waals surface area contributed by atoms with Crippen molar-refractivity contribution >= 4 is 11.6 Å². The Hall–Kier alpha value is -0.770. The summed E-state index contributed by atoms with van der Waals surface area (Å²) in [6.07, 6.45) is 0.626. The van der Waals surface area contributed by atoms with Crippen molar-refractivity contribution in [1.29, 1.82) is 0 Å². The molecule has 0 aliphatic carbocycles. The minimum absolute atomic E-state index is 0.307. The largest absolute Gasteiger partial charge is 0.491 e. The summed E-state index contributed by atoms with van der Waals surface area (Å²) in [5.74, 6) is 1.02. The maximum absolute atomic E-state index is 10.2. The number of nitrogens with zero attached hydrogens (tertiary/aromatic N) is 1. The Bertz CT molecular complexity index is 411. The Morgan fingerprint density at radius 2 is 2.26 bits per heavy atom. The third-order valence-electron chi connectivity index (χ3n) is 3.75. The van der Waals surface area contributed by atoms with Gasteiger partial charge in [-0.05, 0) is 45.0 Å². The lowest BCUT2D eigenvalue weighted by molar-refractivity contribution is 0.0583. The number of ether oxygens (including phenoxy) is 1. The van der Waals surface area contributed by atoms with Crippen LogP contribution in [0.3, 0.4) is 0 Å². The molecule has 1 aromatic rings. The summed E-state index contributed by atoms with van der Waals surface area (Å²) in [5, 5.41) is 10.8. The summed E-state index contributed by atoms with van der Waals surface area (Å²) in [6.45, 7) is 6.74. The van der Waals surface area contributed by atoms with Gasteiger partial charge in [0.15, 0.2) is 0 Å². The van der Waals surface area contributed by atoms with Crippen molar-refractivity contribution in [2.45, 2.75) is 32.4 Å². The highest BCUT2D eigenvalue weighted by Crippen LogP contribution is 2.23. The van der Waals surface area contributed by atoms with Crippen molar-refractivity contribution in [2.75, 3.05) is 19.7 Å². The maximum Gasteiger partial charge on any atom is 0.120 e. The van der Waals surface area contributed by atoms with Crippen LogP contribution in [0.1, 0.15) is 20.3 Å². The van der Waals surface area contributed by atoms with Gasteiger partial charge >= 0.3 is 0 Å². The monoisotopic (exact) mass is 283 g/mol. The van der Waals surface area contributed by atoms with Gasteiger partial charge in [0, 0.05) is 23.5 Å². The molecule has 0 radical (unpaired) electrons. The van der Waals surface area contributed by atoms with Gasteiger partial charge in [-0.3, -0.25) is 0 Å². The van der Waals surface area contributed by atoms with Gasteiger partial charge in [-0.15, -0.1) is 0 Å². The average Bonchev–Trinajstić information content (AvgIpc) is 2.86. The van der Waals surface area contributed by atoms with Crippen LogP contribution in [0, 0.1) is 5.92 Å². The second-order valence-electron chi connectivity index (χ2n) is 5.47. The van der Waals surface area contributed by atoms with Gasteiger partial charge in [-0.25, -0.2) is 0 Å². The van der Waals surface area contributed by atoms with Gasteiger partial charge in [0.25, 0.3) is 0 Å². The van der Waals surface area contributed by atoms with Crippen molar-refractivity contribution in [2.24, 2.45) is 5.92 Å². The first-order valence-electron chi connectivity index (χ1n) is 6.86. The van der Waals surface area contributed by atoms with Crippen molar-refractivity contribution in [3.63, 3.8) is 0 Å². The van der Waals surface area contributed by atoms with Crippen LogP contribution >= 0.6 is 11.6 Å². The summed E-state index contributed by atoms with van der Waals surface area (Å²) in [4.78, 5) is 2.40. The van der Waals surface area contributed by atoms with Crippen LogP contribution in [-0.4, -0.2) is 41.8 Å². The fourth-order valence-electron chi connectivity index (χ4n) is 2.47. The molecule has 1 saturated heterocycles. The third-order valence-corrected chi connectivity index (χ3v) is 3.98. The Labute approximate surface area is 120 Å². The van der Waals surface area contributed by atoms with Crippen LogP contribution in [-0.2, 0) is 0 Å². The molecule has 1 aromatic carbocycles. The molecule has 0 aromatic heterocycles. The predicted octanol–water partition coefficient (Wildman–Crippen LogP) is 2.81. The normalized spacial score (nSPS) is 21.8. The van der Waals surface area contributed by atoms with Crippen LogP contribution in [0.25, 0.3) is 0 Å². The molecule has 1 N–H and O–H groups in total. The van der Waals surface area contributed by atoms with E-state index in [9.17, 15) is 5.11 Å². The highest BCUT2D eigenvalue weighted by molar-refractivity contribution is 6.30. The van der Waals surface area contributed by atoms with E-state index >= 15 is 0 Å². The van der Waals surface area contributed by atoms with Gasteiger partial charge in [0.2, 0.25) is 0 Å². The van der Waals surface area contributed by atoms with E-state index in [0.717, 1.165) is 19.5 Å². The van der Waals surface area contributed by atoms with E-state index in [1.165, 1.54) is 0 Å². The Morgan fingerprint density at radius 1 is 1.47 bits per heavy atom.